The van der Waals surface area contributed by atoms with E-state index in [1.165, 1.54) is 11.3 Å². The van der Waals surface area contributed by atoms with Crippen molar-refractivity contribution in [2.75, 3.05) is 10.6 Å². The summed E-state index contributed by atoms with van der Waals surface area (Å²) in [6, 6.07) is 15.5. The second kappa shape index (κ2) is 8.66. The van der Waals surface area contributed by atoms with Crippen molar-refractivity contribution in [3.8, 4) is 6.07 Å². The third-order valence-corrected chi connectivity index (χ3v) is 6.16. The van der Waals surface area contributed by atoms with Crippen LogP contribution in [0.2, 0.25) is 5.02 Å². The van der Waals surface area contributed by atoms with Gasteiger partial charge < -0.3 is 5.32 Å². The minimum absolute atomic E-state index is 0.160. The molecule has 0 aliphatic heterocycles. The summed E-state index contributed by atoms with van der Waals surface area (Å²) in [7, 11) is 0. The van der Waals surface area contributed by atoms with E-state index in [9.17, 15) is 9.59 Å². The maximum absolute atomic E-state index is 12.9. The Kier molecular flexibility index (Phi) is 5.79. The van der Waals surface area contributed by atoms with Crippen LogP contribution in [0.5, 0.6) is 0 Å². The maximum atomic E-state index is 12.9. The van der Waals surface area contributed by atoms with Crippen LogP contribution in [0, 0.1) is 11.3 Å². The molecule has 1 aliphatic rings. The molecule has 1 atom stereocenters. The van der Waals surface area contributed by atoms with Gasteiger partial charge in [-0.15, -0.1) is 11.3 Å². The van der Waals surface area contributed by atoms with Crippen LogP contribution in [0.25, 0.3) is 0 Å². The number of rotatable bonds is 4. The number of aryl methyl sites for hydroxylation is 1. The zero-order valence-electron chi connectivity index (χ0n) is 15.8. The average molecular weight is 437 g/mol. The summed E-state index contributed by atoms with van der Waals surface area (Å²) in [5.41, 5.74) is 2.27. The topological polar surface area (TPSA) is 94.9 Å². The standard InChI is InChI=1S/C22H17ClN4O2S/c23-15-9-7-14(8-10-15)20(28)27-22-26-19-17(5-2-6-18(19)30-22)21(29)25-16-4-1-3-13(11-16)12-24/h1,3-4,7-11,17H,2,5-6H2,(H,25,29)(H,26,27,28). The molecule has 3 aromatic rings. The molecule has 0 saturated heterocycles. The molecule has 1 unspecified atom stereocenters. The smallest absolute Gasteiger partial charge is 0.257 e. The highest BCUT2D eigenvalue weighted by molar-refractivity contribution is 7.16. The van der Waals surface area contributed by atoms with Gasteiger partial charge in [0.15, 0.2) is 5.13 Å². The number of nitrogens with zero attached hydrogens (tertiary/aromatic N) is 2. The highest BCUT2D eigenvalue weighted by Gasteiger charge is 2.30. The van der Waals surface area contributed by atoms with Crippen molar-refractivity contribution in [1.29, 1.82) is 5.26 Å². The van der Waals surface area contributed by atoms with E-state index in [2.05, 4.69) is 21.7 Å². The van der Waals surface area contributed by atoms with Gasteiger partial charge >= 0.3 is 0 Å². The Bertz CT molecular complexity index is 1150. The molecule has 6 nitrogen and oxygen atoms in total. The number of nitrogens with one attached hydrogen (secondary N) is 2. The van der Waals surface area contributed by atoms with Gasteiger partial charge in [0.2, 0.25) is 5.91 Å². The van der Waals surface area contributed by atoms with Crippen LogP contribution in [0.15, 0.2) is 48.5 Å². The SMILES string of the molecule is N#Cc1cccc(NC(=O)C2CCCc3sc(NC(=O)c4ccc(Cl)cc4)nc32)c1. The van der Waals surface area contributed by atoms with E-state index >= 15 is 0 Å². The van der Waals surface area contributed by atoms with Crippen LogP contribution in [-0.2, 0) is 11.2 Å². The normalized spacial score (nSPS) is 15.0. The summed E-state index contributed by atoms with van der Waals surface area (Å²) in [6.07, 6.45) is 2.39. The van der Waals surface area contributed by atoms with Crippen LogP contribution in [0.1, 0.15) is 45.3 Å². The molecule has 2 amide bonds. The number of halogens is 1. The molecular formula is C22H17ClN4O2S. The molecular weight excluding hydrogens is 420 g/mol. The molecule has 4 rings (SSSR count). The molecule has 0 bridgehead atoms. The molecule has 0 fully saturated rings. The Morgan fingerprint density at radius 3 is 2.73 bits per heavy atom. The Labute approximate surface area is 182 Å². The van der Waals surface area contributed by atoms with Gasteiger partial charge in [0.05, 0.1) is 23.2 Å². The largest absolute Gasteiger partial charge is 0.325 e. The van der Waals surface area contributed by atoms with Crippen molar-refractivity contribution in [3.63, 3.8) is 0 Å². The highest BCUT2D eigenvalue weighted by Crippen LogP contribution is 2.37. The highest BCUT2D eigenvalue weighted by atomic mass is 35.5. The Balaban J connectivity index is 1.50. The van der Waals surface area contributed by atoms with E-state index in [4.69, 9.17) is 16.9 Å². The lowest BCUT2D eigenvalue weighted by molar-refractivity contribution is -0.117. The first kappa shape index (κ1) is 20.1. The van der Waals surface area contributed by atoms with Crippen molar-refractivity contribution in [2.24, 2.45) is 0 Å². The number of thiazole rings is 1. The number of aromatic nitrogens is 1. The van der Waals surface area contributed by atoms with Gasteiger partial charge in [0.25, 0.3) is 5.91 Å². The quantitative estimate of drug-likeness (QED) is 0.603. The summed E-state index contributed by atoms with van der Waals surface area (Å²) in [5.74, 6) is -0.823. The third kappa shape index (κ3) is 4.35. The Morgan fingerprint density at radius 1 is 1.17 bits per heavy atom. The van der Waals surface area contributed by atoms with Gasteiger partial charge in [0.1, 0.15) is 0 Å². The first-order chi connectivity index (χ1) is 14.5. The van der Waals surface area contributed by atoms with Crippen molar-refractivity contribution in [2.45, 2.75) is 25.2 Å². The number of amides is 2. The molecule has 30 heavy (non-hydrogen) atoms. The number of hydrogen-bond acceptors (Lipinski definition) is 5. The van der Waals surface area contributed by atoms with Crippen molar-refractivity contribution < 1.29 is 9.59 Å². The van der Waals surface area contributed by atoms with E-state index in [0.717, 1.165) is 17.7 Å². The fourth-order valence-corrected chi connectivity index (χ4v) is 4.58. The fourth-order valence-electron chi connectivity index (χ4n) is 3.39. The summed E-state index contributed by atoms with van der Waals surface area (Å²) in [4.78, 5) is 30.9. The van der Waals surface area contributed by atoms with E-state index < -0.39 is 5.92 Å². The third-order valence-electron chi connectivity index (χ3n) is 4.86. The zero-order chi connectivity index (χ0) is 21.1. The molecule has 150 valence electrons. The molecule has 1 aromatic heterocycles. The maximum Gasteiger partial charge on any atom is 0.257 e. The van der Waals surface area contributed by atoms with Crippen LogP contribution in [0.4, 0.5) is 10.8 Å². The van der Waals surface area contributed by atoms with Crippen LogP contribution in [-0.4, -0.2) is 16.8 Å². The summed E-state index contributed by atoms with van der Waals surface area (Å²) in [6.45, 7) is 0. The number of carbonyl (C=O) groups is 2. The van der Waals surface area contributed by atoms with Crippen LogP contribution in [0.3, 0.4) is 0 Å². The molecule has 0 radical (unpaired) electrons. The number of anilines is 2. The Hall–Kier alpha value is -3.21. The van der Waals surface area contributed by atoms with Crippen molar-refractivity contribution in [1.82, 2.24) is 4.98 Å². The summed E-state index contributed by atoms with van der Waals surface area (Å²) < 4.78 is 0. The van der Waals surface area contributed by atoms with E-state index in [1.54, 1.807) is 48.5 Å². The molecule has 2 aromatic carbocycles. The van der Waals surface area contributed by atoms with Crippen molar-refractivity contribution in [3.05, 3.63) is 75.3 Å². The molecule has 0 spiro atoms. The van der Waals surface area contributed by atoms with Crippen LogP contribution < -0.4 is 10.6 Å². The summed E-state index contributed by atoms with van der Waals surface area (Å²) >= 11 is 7.27. The van der Waals surface area contributed by atoms with Crippen molar-refractivity contribution >= 4 is 45.6 Å². The molecule has 1 heterocycles. The number of carbonyl (C=O) groups excluding carboxylic acids is 2. The average Bonchev–Trinajstić information content (AvgIpc) is 3.16. The van der Waals surface area contributed by atoms with E-state index in [-0.39, 0.29) is 11.8 Å². The lowest BCUT2D eigenvalue weighted by Crippen LogP contribution is -2.24. The number of benzene rings is 2. The number of nitriles is 1. The lowest BCUT2D eigenvalue weighted by atomic mass is 9.90. The number of hydrogen-bond donors (Lipinski definition) is 2. The zero-order valence-corrected chi connectivity index (χ0v) is 17.4. The Morgan fingerprint density at radius 2 is 1.97 bits per heavy atom. The van der Waals surface area contributed by atoms with Gasteiger partial charge in [-0.25, -0.2) is 4.98 Å². The molecule has 2 N–H and O–H groups in total. The molecule has 8 heteroatoms. The van der Waals surface area contributed by atoms with Gasteiger partial charge in [-0.2, -0.15) is 5.26 Å². The second-order valence-corrected chi connectivity index (χ2v) is 8.44. The number of fused-ring (bicyclic) bond motifs is 1. The minimum Gasteiger partial charge on any atom is -0.325 e. The predicted molar refractivity (Wildman–Crippen MR) is 117 cm³/mol. The molecule has 0 saturated carbocycles. The predicted octanol–water partition coefficient (Wildman–Crippen LogP) is 4.98. The van der Waals surface area contributed by atoms with Gasteiger partial charge in [-0.1, -0.05) is 17.7 Å². The van der Waals surface area contributed by atoms with Gasteiger partial charge in [-0.05, 0) is 61.7 Å². The fraction of sp³-hybridized carbons (Fsp3) is 0.182. The molecule has 1 aliphatic carbocycles. The van der Waals surface area contributed by atoms with Crippen LogP contribution >= 0.6 is 22.9 Å². The first-order valence-electron chi connectivity index (χ1n) is 9.41. The first-order valence-corrected chi connectivity index (χ1v) is 10.6. The van der Waals surface area contributed by atoms with Gasteiger partial charge in [-0.3, -0.25) is 14.9 Å². The monoisotopic (exact) mass is 436 g/mol. The lowest BCUT2D eigenvalue weighted by Gasteiger charge is -2.20. The second-order valence-electron chi connectivity index (χ2n) is 6.92. The van der Waals surface area contributed by atoms with Gasteiger partial charge in [0, 0.05) is 21.2 Å². The van der Waals surface area contributed by atoms with E-state index in [0.29, 0.717) is 39.1 Å². The summed E-state index contributed by atoms with van der Waals surface area (Å²) in [5, 5.41) is 15.8. The minimum atomic E-state index is -0.392. The van der Waals surface area contributed by atoms with E-state index in [1.807, 2.05) is 0 Å².